The van der Waals surface area contributed by atoms with Gasteiger partial charge in [-0.2, -0.15) is 0 Å². The Morgan fingerprint density at radius 1 is 1.43 bits per heavy atom. The van der Waals surface area contributed by atoms with E-state index < -0.39 is 12.0 Å². The molecule has 2 rings (SSSR count). The van der Waals surface area contributed by atoms with Gasteiger partial charge in [-0.25, -0.2) is 4.79 Å². The van der Waals surface area contributed by atoms with Crippen molar-refractivity contribution in [3.63, 3.8) is 0 Å². The molecule has 2 unspecified atom stereocenters. The molecule has 3 N–H and O–H groups in total. The smallest absolute Gasteiger partial charge is 0.317 e. The first-order valence-corrected chi connectivity index (χ1v) is 8.60. The molecule has 0 spiro atoms. The zero-order valence-electron chi connectivity index (χ0n) is 13.5. The first-order valence-electron chi connectivity index (χ1n) is 7.61. The van der Waals surface area contributed by atoms with Gasteiger partial charge in [0.25, 0.3) is 0 Å². The topological polar surface area (TPSA) is 84.7 Å². The Kier molecular flexibility index (Phi) is 6.29. The number of carbonyl (C=O) groups excluding carboxylic acids is 2. The fraction of sp³-hybridized carbons (Fsp3) is 0.500. The van der Waals surface area contributed by atoms with Gasteiger partial charge in [-0.1, -0.05) is 17.7 Å². The second-order valence-corrected chi connectivity index (χ2v) is 6.78. The molecular weight excluding hydrogens is 314 g/mol. The van der Waals surface area contributed by atoms with E-state index in [9.17, 15) is 9.59 Å². The highest BCUT2D eigenvalue weighted by Gasteiger charge is 2.28. The number of ether oxygens (including phenoxy) is 1. The molecule has 23 heavy (non-hydrogen) atoms. The Morgan fingerprint density at radius 3 is 2.78 bits per heavy atom. The highest BCUT2D eigenvalue weighted by Crippen LogP contribution is 2.19. The zero-order valence-corrected chi connectivity index (χ0v) is 14.3. The van der Waals surface area contributed by atoms with Crippen molar-refractivity contribution < 1.29 is 14.3 Å². The predicted octanol–water partition coefficient (Wildman–Crippen LogP) is 1.37. The zero-order chi connectivity index (χ0) is 16.8. The van der Waals surface area contributed by atoms with Gasteiger partial charge in [0.15, 0.2) is 6.10 Å². The van der Waals surface area contributed by atoms with Crippen LogP contribution in [0.5, 0.6) is 0 Å². The third-order valence-corrected chi connectivity index (χ3v) is 4.83. The minimum atomic E-state index is -0.716. The molecule has 0 saturated carbocycles. The van der Waals surface area contributed by atoms with Gasteiger partial charge in [-0.15, -0.1) is 11.8 Å². The number of rotatable bonds is 5. The van der Waals surface area contributed by atoms with Gasteiger partial charge in [0.2, 0.25) is 5.91 Å². The Morgan fingerprint density at radius 2 is 2.13 bits per heavy atom. The van der Waals surface area contributed by atoms with Crippen molar-refractivity contribution >= 4 is 23.7 Å². The number of primary amides is 1. The van der Waals surface area contributed by atoms with E-state index in [0.717, 1.165) is 5.75 Å². The lowest BCUT2D eigenvalue weighted by Crippen LogP contribution is -2.54. The van der Waals surface area contributed by atoms with Crippen LogP contribution in [0, 0.1) is 6.92 Å². The molecule has 6 nitrogen and oxygen atoms in total. The van der Waals surface area contributed by atoms with Crippen molar-refractivity contribution in [2.75, 3.05) is 25.4 Å². The Balaban J connectivity index is 1.77. The molecule has 1 heterocycles. The molecule has 2 atom stereocenters. The Bertz CT molecular complexity index is 550. The van der Waals surface area contributed by atoms with Gasteiger partial charge < -0.3 is 20.7 Å². The van der Waals surface area contributed by atoms with Crippen LogP contribution < -0.4 is 11.1 Å². The fourth-order valence-corrected chi connectivity index (χ4v) is 3.06. The maximum absolute atomic E-state index is 12.2. The van der Waals surface area contributed by atoms with Crippen LogP contribution in [0.1, 0.15) is 12.5 Å². The van der Waals surface area contributed by atoms with Crippen LogP contribution >= 0.6 is 11.8 Å². The van der Waals surface area contributed by atoms with Gasteiger partial charge in [0.05, 0.1) is 13.2 Å². The van der Waals surface area contributed by atoms with Crippen molar-refractivity contribution in [3.8, 4) is 0 Å². The van der Waals surface area contributed by atoms with E-state index in [-0.39, 0.29) is 18.6 Å². The lowest BCUT2D eigenvalue weighted by molar-refractivity contribution is -0.133. The lowest BCUT2D eigenvalue weighted by Gasteiger charge is -2.32. The van der Waals surface area contributed by atoms with Crippen LogP contribution in [0.4, 0.5) is 4.79 Å². The summed E-state index contributed by atoms with van der Waals surface area (Å²) in [6, 6.07) is 8.13. The van der Waals surface area contributed by atoms with Crippen LogP contribution in [0.3, 0.4) is 0 Å². The van der Waals surface area contributed by atoms with Crippen molar-refractivity contribution in [2.45, 2.75) is 30.9 Å². The Labute approximate surface area is 140 Å². The molecule has 7 heteroatoms. The molecule has 1 saturated heterocycles. The maximum atomic E-state index is 12.2. The van der Waals surface area contributed by atoms with Gasteiger partial charge >= 0.3 is 6.03 Å². The quantitative estimate of drug-likeness (QED) is 0.795. The molecule has 1 aliphatic heterocycles. The van der Waals surface area contributed by atoms with E-state index in [0.29, 0.717) is 13.2 Å². The number of morpholine rings is 1. The Hall–Kier alpha value is -1.73. The normalized spacial score (nSPS) is 19.2. The molecule has 1 aromatic rings. The second kappa shape index (κ2) is 8.21. The maximum Gasteiger partial charge on any atom is 0.317 e. The lowest BCUT2D eigenvalue weighted by atomic mass is 10.2. The SMILES string of the molecule is Cc1ccc(SCC(C)NC(=O)N2CCOC(C(N)=O)C2)cc1. The summed E-state index contributed by atoms with van der Waals surface area (Å²) in [6.45, 7) is 5.02. The van der Waals surface area contributed by atoms with Gasteiger partial charge in [0.1, 0.15) is 0 Å². The van der Waals surface area contributed by atoms with Crippen molar-refractivity contribution in [1.82, 2.24) is 10.2 Å². The molecule has 0 aliphatic carbocycles. The van der Waals surface area contributed by atoms with E-state index in [1.165, 1.54) is 10.5 Å². The van der Waals surface area contributed by atoms with E-state index >= 15 is 0 Å². The average molecular weight is 337 g/mol. The van der Waals surface area contributed by atoms with Crippen LogP contribution in [0.15, 0.2) is 29.2 Å². The number of thioether (sulfide) groups is 1. The number of urea groups is 1. The minimum Gasteiger partial charge on any atom is -0.367 e. The summed E-state index contributed by atoms with van der Waals surface area (Å²) >= 11 is 1.70. The number of nitrogens with two attached hydrogens (primary N) is 1. The summed E-state index contributed by atoms with van der Waals surface area (Å²) < 4.78 is 5.24. The number of aryl methyl sites for hydroxylation is 1. The summed E-state index contributed by atoms with van der Waals surface area (Å²) in [7, 11) is 0. The minimum absolute atomic E-state index is 0.0173. The van der Waals surface area contributed by atoms with Gasteiger partial charge in [-0.05, 0) is 26.0 Å². The number of amides is 3. The number of nitrogens with zero attached hydrogens (tertiary/aromatic N) is 1. The molecule has 1 fully saturated rings. The number of nitrogens with one attached hydrogen (secondary N) is 1. The fourth-order valence-electron chi connectivity index (χ4n) is 2.21. The largest absolute Gasteiger partial charge is 0.367 e. The molecular formula is C16H23N3O3S. The summed E-state index contributed by atoms with van der Waals surface area (Å²) in [5.41, 5.74) is 6.46. The highest BCUT2D eigenvalue weighted by molar-refractivity contribution is 7.99. The van der Waals surface area contributed by atoms with E-state index in [1.807, 2.05) is 6.92 Å². The van der Waals surface area contributed by atoms with Gasteiger partial charge in [-0.3, -0.25) is 4.79 Å². The molecule has 126 valence electrons. The molecule has 0 bridgehead atoms. The van der Waals surface area contributed by atoms with Crippen molar-refractivity contribution in [3.05, 3.63) is 29.8 Å². The standard InChI is InChI=1S/C16H23N3O3S/c1-11-3-5-13(6-4-11)23-10-12(2)18-16(21)19-7-8-22-14(9-19)15(17)20/h3-6,12,14H,7-10H2,1-2H3,(H2,17,20)(H,18,21). The van der Waals surface area contributed by atoms with Crippen LogP contribution in [0.25, 0.3) is 0 Å². The third-order valence-electron chi connectivity index (χ3n) is 3.56. The van der Waals surface area contributed by atoms with E-state index in [1.54, 1.807) is 16.7 Å². The van der Waals surface area contributed by atoms with Gasteiger partial charge in [0, 0.05) is 23.2 Å². The van der Waals surface area contributed by atoms with Crippen molar-refractivity contribution in [1.29, 1.82) is 0 Å². The van der Waals surface area contributed by atoms with E-state index in [4.69, 9.17) is 10.5 Å². The van der Waals surface area contributed by atoms with Crippen LogP contribution in [-0.2, 0) is 9.53 Å². The number of hydrogen-bond donors (Lipinski definition) is 2. The number of benzene rings is 1. The number of hydrogen-bond acceptors (Lipinski definition) is 4. The summed E-state index contributed by atoms with van der Waals surface area (Å²) in [4.78, 5) is 26.1. The molecule has 0 aromatic heterocycles. The van der Waals surface area contributed by atoms with Crippen molar-refractivity contribution in [2.24, 2.45) is 5.73 Å². The van der Waals surface area contributed by atoms with E-state index in [2.05, 4.69) is 36.5 Å². The molecule has 1 aliphatic rings. The summed E-state index contributed by atoms with van der Waals surface area (Å²) in [5.74, 6) is 0.240. The third kappa shape index (κ3) is 5.44. The number of carbonyl (C=O) groups is 2. The molecule has 0 radical (unpaired) electrons. The highest BCUT2D eigenvalue weighted by atomic mass is 32.2. The second-order valence-electron chi connectivity index (χ2n) is 5.68. The first-order chi connectivity index (χ1) is 11.0. The van der Waals surface area contributed by atoms with Crippen LogP contribution in [-0.4, -0.2) is 54.4 Å². The summed E-state index contributed by atoms with van der Waals surface area (Å²) in [5, 5.41) is 2.95. The average Bonchev–Trinajstić information content (AvgIpc) is 2.54. The predicted molar refractivity (Wildman–Crippen MR) is 90.4 cm³/mol. The summed E-state index contributed by atoms with van der Waals surface area (Å²) in [6.07, 6.45) is -0.716. The van der Waals surface area contributed by atoms with Crippen LogP contribution in [0.2, 0.25) is 0 Å². The molecule has 1 aromatic carbocycles. The molecule has 3 amide bonds. The monoisotopic (exact) mass is 337 g/mol. The first kappa shape index (κ1) is 17.6.